The van der Waals surface area contributed by atoms with E-state index in [1.54, 1.807) is 31.0 Å². The normalized spacial score (nSPS) is 18.1. The van der Waals surface area contributed by atoms with Gasteiger partial charge in [-0.2, -0.15) is 0 Å². The maximum Gasteiger partial charge on any atom is 0.275 e. The van der Waals surface area contributed by atoms with Crippen LogP contribution in [0.4, 0.5) is 14.5 Å². The van der Waals surface area contributed by atoms with E-state index in [1.165, 1.54) is 6.07 Å². The molecule has 0 fully saturated rings. The largest absolute Gasteiger partial charge is 0.471 e. The average Bonchev–Trinajstić information content (AvgIpc) is 3.28. The fraction of sp³-hybridized carbons (Fsp3) is 0.172. The van der Waals surface area contributed by atoms with Crippen molar-refractivity contribution < 1.29 is 23.1 Å². The van der Waals surface area contributed by atoms with Gasteiger partial charge in [0, 0.05) is 19.0 Å². The van der Waals surface area contributed by atoms with Crippen LogP contribution in [0.25, 0.3) is 11.4 Å². The van der Waals surface area contributed by atoms with E-state index in [2.05, 4.69) is 15.3 Å². The van der Waals surface area contributed by atoms with Crippen molar-refractivity contribution in [1.29, 1.82) is 0 Å². The van der Waals surface area contributed by atoms with Gasteiger partial charge in [0.15, 0.2) is 5.82 Å². The topological polar surface area (TPSA) is 84.4 Å². The molecule has 1 atom stereocenters. The Kier molecular flexibility index (Phi) is 5.45. The number of para-hydroxylation sites is 2. The fourth-order valence-corrected chi connectivity index (χ4v) is 4.98. The monoisotopic (exact) mass is 512 g/mol. The van der Waals surface area contributed by atoms with E-state index in [1.807, 2.05) is 36.4 Å². The number of carbonyl (C=O) groups excluding carboxylic acids is 2. The van der Waals surface area contributed by atoms with Crippen molar-refractivity contribution >= 4 is 17.5 Å². The first kappa shape index (κ1) is 23.7. The van der Waals surface area contributed by atoms with Gasteiger partial charge in [0.2, 0.25) is 5.60 Å². The minimum absolute atomic E-state index is 0.113. The zero-order valence-corrected chi connectivity index (χ0v) is 20.6. The lowest BCUT2D eigenvalue weighted by Crippen LogP contribution is -2.50. The van der Waals surface area contributed by atoms with Gasteiger partial charge < -0.3 is 15.0 Å². The zero-order chi connectivity index (χ0) is 26.6. The molecule has 0 aliphatic carbocycles. The first-order chi connectivity index (χ1) is 18.3. The molecular weight excluding hydrogens is 490 g/mol. The minimum Gasteiger partial charge on any atom is -0.471 e. The second-order valence-corrected chi connectivity index (χ2v) is 9.44. The number of rotatable bonds is 4. The number of hydrogen-bond acceptors (Lipinski definition) is 5. The summed E-state index contributed by atoms with van der Waals surface area (Å²) < 4.78 is 35.1. The average molecular weight is 513 g/mol. The zero-order valence-electron chi connectivity index (χ0n) is 20.6. The van der Waals surface area contributed by atoms with E-state index >= 15 is 0 Å². The summed E-state index contributed by atoms with van der Waals surface area (Å²) in [4.78, 5) is 36.1. The summed E-state index contributed by atoms with van der Waals surface area (Å²) in [6, 6.07) is 18.1. The van der Waals surface area contributed by atoms with Crippen molar-refractivity contribution in [2.45, 2.75) is 25.5 Å². The Morgan fingerprint density at radius 2 is 1.66 bits per heavy atom. The number of anilines is 1. The predicted octanol–water partition coefficient (Wildman–Crippen LogP) is 4.53. The highest BCUT2D eigenvalue weighted by atomic mass is 19.1. The third-order valence-electron chi connectivity index (χ3n) is 7.02. The first-order valence-electron chi connectivity index (χ1n) is 12.0. The van der Waals surface area contributed by atoms with Gasteiger partial charge in [0.25, 0.3) is 11.8 Å². The number of halogens is 2. The summed E-state index contributed by atoms with van der Waals surface area (Å²) in [6.45, 7) is 1.88. The summed E-state index contributed by atoms with van der Waals surface area (Å²) in [5, 5.41) is 2.71. The van der Waals surface area contributed by atoms with Crippen molar-refractivity contribution in [3.05, 3.63) is 106 Å². The number of nitrogens with one attached hydrogen (secondary N) is 1. The number of nitrogens with zero attached hydrogens (tertiary/aromatic N) is 3. The van der Waals surface area contributed by atoms with Crippen LogP contribution in [0.2, 0.25) is 0 Å². The summed E-state index contributed by atoms with van der Waals surface area (Å²) in [5.41, 5.74) is 1.65. The number of amides is 2. The van der Waals surface area contributed by atoms with Gasteiger partial charge in [0.05, 0.1) is 34.7 Å². The predicted molar refractivity (Wildman–Crippen MR) is 136 cm³/mol. The second kappa shape index (κ2) is 8.72. The molecule has 4 aromatic rings. The quantitative estimate of drug-likeness (QED) is 0.435. The van der Waals surface area contributed by atoms with Gasteiger partial charge in [-0.3, -0.25) is 9.59 Å². The van der Waals surface area contributed by atoms with Crippen molar-refractivity contribution in [1.82, 2.24) is 15.3 Å². The summed E-state index contributed by atoms with van der Waals surface area (Å²) in [7, 11) is 1.72. The summed E-state index contributed by atoms with van der Waals surface area (Å²) in [6.07, 6.45) is 0.218. The van der Waals surface area contributed by atoms with Crippen molar-refractivity contribution in [2.75, 3.05) is 11.9 Å². The Morgan fingerprint density at radius 3 is 2.39 bits per heavy atom. The molecule has 0 spiro atoms. The Morgan fingerprint density at radius 1 is 0.947 bits per heavy atom. The lowest BCUT2D eigenvalue weighted by molar-refractivity contribution is -0.134. The van der Waals surface area contributed by atoms with Gasteiger partial charge in [0.1, 0.15) is 17.4 Å². The van der Waals surface area contributed by atoms with E-state index in [-0.39, 0.29) is 36.2 Å². The lowest BCUT2D eigenvalue weighted by atomic mass is 9.91. The van der Waals surface area contributed by atoms with Crippen LogP contribution in [0.15, 0.2) is 66.7 Å². The van der Waals surface area contributed by atoms with Crippen LogP contribution in [-0.4, -0.2) is 28.8 Å². The lowest BCUT2D eigenvalue weighted by Gasteiger charge is -2.39. The molecule has 1 N–H and O–H groups in total. The molecule has 38 heavy (non-hydrogen) atoms. The van der Waals surface area contributed by atoms with Crippen LogP contribution in [0.5, 0.6) is 5.75 Å². The number of fused-ring (bicyclic) bond motifs is 2. The molecule has 1 aromatic heterocycles. The highest BCUT2D eigenvalue weighted by Gasteiger charge is 2.44. The first-order valence-corrected chi connectivity index (χ1v) is 12.0. The van der Waals surface area contributed by atoms with E-state index in [9.17, 15) is 18.4 Å². The van der Waals surface area contributed by atoms with Gasteiger partial charge in [-0.05, 0) is 36.8 Å². The van der Waals surface area contributed by atoms with Crippen LogP contribution in [0.3, 0.4) is 0 Å². The molecule has 6 rings (SSSR count). The van der Waals surface area contributed by atoms with Crippen LogP contribution >= 0.6 is 0 Å². The van der Waals surface area contributed by atoms with E-state index in [0.717, 1.165) is 17.7 Å². The molecule has 3 heterocycles. The molecule has 3 aromatic carbocycles. The Hall–Kier alpha value is -4.66. The molecular formula is C29H22F2N4O3. The number of hydrogen-bond donors (Lipinski definition) is 1. The maximum atomic E-state index is 14.5. The van der Waals surface area contributed by atoms with Gasteiger partial charge >= 0.3 is 0 Å². The van der Waals surface area contributed by atoms with E-state index in [4.69, 9.17) is 4.74 Å². The molecule has 2 aliphatic rings. The maximum absolute atomic E-state index is 14.5. The molecule has 0 saturated heterocycles. The van der Waals surface area contributed by atoms with Gasteiger partial charge in [-0.25, -0.2) is 18.7 Å². The van der Waals surface area contributed by atoms with E-state index in [0.29, 0.717) is 34.0 Å². The molecule has 9 heteroatoms. The van der Waals surface area contributed by atoms with Crippen LogP contribution < -0.4 is 15.0 Å². The highest BCUT2D eigenvalue weighted by Crippen LogP contribution is 2.41. The third-order valence-corrected chi connectivity index (χ3v) is 7.02. The minimum atomic E-state index is -1.23. The summed E-state index contributed by atoms with van der Waals surface area (Å²) in [5.74, 6) is -1.60. The number of aromatic nitrogens is 2. The van der Waals surface area contributed by atoms with Gasteiger partial charge in [-0.15, -0.1) is 0 Å². The molecule has 7 nitrogen and oxygen atoms in total. The highest BCUT2D eigenvalue weighted by molar-refractivity contribution is 6.02. The summed E-state index contributed by atoms with van der Waals surface area (Å²) >= 11 is 0. The number of benzene rings is 3. The number of ether oxygens (including phenoxy) is 1. The second-order valence-electron chi connectivity index (χ2n) is 9.44. The van der Waals surface area contributed by atoms with Crippen LogP contribution in [-0.2, 0) is 23.4 Å². The van der Waals surface area contributed by atoms with Crippen LogP contribution in [0, 0.1) is 11.6 Å². The van der Waals surface area contributed by atoms with Crippen molar-refractivity contribution in [3.63, 3.8) is 0 Å². The Bertz CT molecular complexity index is 1600. The third kappa shape index (κ3) is 3.70. The molecule has 0 radical (unpaired) electrons. The molecule has 190 valence electrons. The Labute approximate surface area is 217 Å². The van der Waals surface area contributed by atoms with E-state index < -0.39 is 17.2 Å². The standard InChI is InChI=1S/C29H22F2N4O3/c1-29(28(37)35(2)22-8-3-4-9-23(22)38-29)17-12-10-16(11-13-17)14-20-25-21(15-32-27(25)36)34-26(33-20)24-18(30)6-5-7-19(24)31/h3-13H,14-15H2,1-2H3,(H,32,36). The fourth-order valence-electron chi connectivity index (χ4n) is 4.98. The molecule has 1 unspecified atom stereocenters. The van der Waals surface area contributed by atoms with Crippen molar-refractivity contribution in [2.24, 2.45) is 0 Å². The molecule has 0 bridgehead atoms. The smallest absolute Gasteiger partial charge is 0.275 e. The SMILES string of the molecule is CN1C(=O)C(C)(c2ccc(Cc3nc(-c4c(F)cccc4F)nc4c3C(=O)NC4)cc2)Oc2ccccc21. The van der Waals surface area contributed by atoms with Crippen molar-refractivity contribution in [3.8, 4) is 17.1 Å². The van der Waals surface area contributed by atoms with Gasteiger partial charge in [-0.1, -0.05) is 42.5 Å². The number of likely N-dealkylation sites (N-methyl/N-ethyl adjacent to an activating group) is 1. The molecule has 0 saturated carbocycles. The molecule has 2 aliphatic heterocycles. The Balaban J connectivity index is 1.35. The van der Waals surface area contributed by atoms with Crippen LogP contribution in [0.1, 0.15) is 39.8 Å². The number of carbonyl (C=O) groups is 2. The molecule has 2 amide bonds.